The molecule has 0 aromatic heterocycles. The molecule has 8 nitrogen and oxygen atoms in total. The van der Waals surface area contributed by atoms with E-state index < -0.39 is 21.7 Å². The minimum absolute atomic E-state index is 0.0989. The van der Waals surface area contributed by atoms with Gasteiger partial charge in [0.05, 0.1) is 12.9 Å². The standard InChI is InChI=1S/C14H31N3O5S/c1-14(2,3)22-13(18)16-8-6-7-12(11-21-4)15-9-10-17-23(5,19)20/h12,15,17H,6-11H2,1-5H3,(H,16,18). The summed E-state index contributed by atoms with van der Waals surface area (Å²) in [7, 11) is -1.55. The molecule has 0 fully saturated rings. The van der Waals surface area contributed by atoms with Crippen molar-refractivity contribution in [3.05, 3.63) is 0 Å². The Bertz CT molecular complexity index is 434. The molecule has 1 atom stereocenters. The first-order valence-electron chi connectivity index (χ1n) is 7.67. The zero-order valence-electron chi connectivity index (χ0n) is 14.8. The summed E-state index contributed by atoms with van der Waals surface area (Å²) in [4.78, 5) is 11.5. The number of nitrogens with one attached hydrogen (secondary N) is 3. The van der Waals surface area contributed by atoms with Crippen LogP contribution in [0.5, 0.6) is 0 Å². The second-order valence-electron chi connectivity index (χ2n) is 6.34. The molecule has 138 valence electrons. The normalized spacial score (nSPS) is 13.6. The first-order valence-corrected chi connectivity index (χ1v) is 9.56. The molecule has 0 saturated heterocycles. The van der Waals surface area contributed by atoms with E-state index in [1.165, 1.54) is 0 Å². The van der Waals surface area contributed by atoms with Gasteiger partial charge in [-0.25, -0.2) is 17.9 Å². The molecule has 0 rings (SSSR count). The van der Waals surface area contributed by atoms with Gasteiger partial charge in [0.2, 0.25) is 10.0 Å². The van der Waals surface area contributed by atoms with Gasteiger partial charge in [-0.3, -0.25) is 0 Å². The van der Waals surface area contributed by atoms with E-state index in [1.54, 1.807) is 7.11 Å². The smallest absolute Gasteiger partial charge is 0.407 e. The summed E-state index contributed by atoms with van der Waals surface area (Å²) in [6.45, 7) is 7.32. The van der Waals surface area contributed by atoms with Crippen LogP contribution in [0.25, 0.3) is 0 Å². The monoisotopic (exact) mass is 353 g/mol. The number of carbonyl (C=O) groups excluding carboxylic acids is 1. The third-order valence-corrected chi connectivity index (χ3v) is 3.42. The minimum Gasteiger partial charge on any atom is -0.444 e. The Labute approximate surface area is 139 Å². The van der Waals surface area contributed by atoms with E-state index in [2.05, 4.69) is 15.4 Å². The molecule has 1 unspecified atom stereocenters. The van der Waals surface area contributed by atoms with E-state index in [-0.39, 0.29) is 6.04 Å². The van der Waals surface area contributed by atoms with Crippen molar-refractivity contribution in [3.63, 3.8) is 0 Å². The van der Waals surface area contributed by atoms with Crippen LogP contribution in [-0.4, -0.2) is 65.8 Å². The lowest BCUT2D eigenvalue weighted by molar-refractivity contribution is 0.0526. The van der Waals surface area contributed by atoms with Crippen LogP contribution < -0.4 is 15.4 Å². The van der Waals surface area contributed by atoms with Crippen LogP contribution in [-0.2, 0) is 19.5 Å². The topological polar surface area (TPSA) is 106 Å². The van der Waals surface area contributed by atoms with Crippen molar-refractivity contribution in [2.45, 2.75) is 45.3 Å². The summed E-state index contributed by atoms with van der Waals surface area (Å²) in [6.07, 6.45) is 2.26. The van der Waals surface area contributed by atoms with Gasteiger partial charge in [0.1, 0.15) is 5.60 Å². The van der Waals surface area contributed by atoms with Crippen LogP contribution in [0.4, 0.5) is 4.79 Å². The highest BCUT2D eigenvalue weighted by Gasteiger charge is 2.15. The van der Waals surface area contributed by atoms with Crippen LogP contribution in [0, 0.1) is 0 Å². The highest BCUT2D eigenvalue weighted by Crippen LogP contribution is 2.06. The fraction of sp³-hybridized carbons (Fsp3) is 0.929. The first kappa shape index (κ1) is 22.1. The van der Waals surface area contributed by atoms with E-state index in [1.807, 2.05) is 20.8 Å². The number of sulfonamides is 1. The van der Waals surface area contributed by atoms with Crippen LogP contribution in [0.2, 0.25) is 0 Å². The Balaban J connectivity index is 3.89. The van der Waals surface area contributed by atoms with Gasteiger partial charge in [-0.15, -0.1) is 0 Å². The number of hydrogen-bond acceptors (Lipinski definition) is 6. The third kappa shape index (κ3) is 15.8. The lowest BCUT2D eigenvalue weighted by atomic mass is 10.1. The summed E-state index contributed by atoms with van der Waals surface area (Å²) in [6, 6.07) is 0.0989. The SMILES string of the molecule is COCC(CCCNC(=O)OC(C)(C)C)NCCNS(C)(=O)=O. The van der Waals surface area contributed by atoms with Gasteiger partial charge < -0.3 is 20.1 Å². The third-order valence-electron chi connectivity index (χ3n) is 2.69. The molecule has 0 aromatic rings. The predicted octanol–water partition coefficient (Wildman–Crippen LogP) is 0.445. The van der Waals surface area contributed by atoms with Gasteiger partial charge in [0, 0.05) is 32.8 Å². The summed E-state index contributed by atoms with van der Waals surface area (Å²) in [5.41, 5.74) is -0.503. The van der Waals surface area contributed by atoms with Gasteiger partial charge >= 0.3 is 6.09 Å². The van der Waals surface area contributed by atoms with Gasteiger partial charge in [-0.2, -0.15) is 0 Å². The summed E-state index contributed by atoms with van der Waals surface area (Å²) in [5.74, 6) is 0. The predicted molar refractivity (Wildman–Crippen MR) is 90.0 cm³/mol. The van der Waals surface area contributed by atoms with Gasteiger partial charge in [0.15, 0.2) is 0 Å². The van der Waals surface area contributed by atoms with Crippen LogP contribution in [0.15, 0.2) is 0 Å². The molecular weight excluding hydrogens is 322 g/mol. The van der Waals surface area contributed by atoms with Crippen molar-refractivity contribution in [1.29, 1.82) is 0 Å². The van der Waals surface area contributed by atoms with Crippen molar-refractivity contribution in [2.75, 3.05) is 39.6 Å². The lowest BCUT2D eigenvalue weighted by Crippen LogP contribution is -2.39. The summed E-state index contributed by atoms with van der Waals surface area (Å²) >= 11 is 0. The number of methoxy groups -OCH3 is 1. The molecule has 3 N–H and O–H groups in total. The molecule has 1 amide bonds. The average Bonchev–Trinajstić information content (AvgIpc) is 2.36. The van der Waals surface area contributed by atoms with Crippen molar-refractivity contribution < 1.29 is 22.7 Å². The number of hydrogen-bond donors (Lipinski definition) is 3. The van der Waals surface area contributed by atoms with E-state index in [4.69, 9.17) is 9.47 Å². The van der Waals surface area contributed by atoms with Crippen molar-refractivity contribution >= 4 is 16.1 Å². The molecular formula is C14H31N3O5S. The molecule has 0 heterocycles. The maximum absolute atomic E-state index is 11.5. The molecule has 0 aliphatic rings. The highest BCUT2D eigenvalue weighted by molar-refractivity contribution is 7.88. The fourth-order valence-electron chi connectivity index (χ4n) is 1.81. The van der Waals surface area contributed by atoms with Crippen LogP contribution >= 0.6 is 0 Å². The van der Waals surface area contributed by atoms with E-state index in [9.17, 15) is 13.2 Å². The molecule has 0 aromatic carbocycles. The van der Waals surface area contributed by atoms with Crippen LogP contribution in [0.1, 0.15) is 33.6 Å². The lowest BCUT2D eigenvalue weighted by Gasteiger charge is -2.20. The van der Waals surface area contributed by atoms with Crippen molar-refractivity contribution in [2.24, 2.45) is 0 Å². The second-order valence-corrected chi connectivity index (χ2v) is 8.18. The van der Waals surface area contributed by atoms with Gasteiger partial charge in [-0.1, -0.05) is 0 Å². The summed E-state index contributed by atoms with van der Waals surface area (Å²) < 4.78 is 34.6. The quantitative estimate of drug-likeness (QED) is 0.466. The zero-order valence-corrected chi connectivity index (χ0v) is 15.6. The Morgan fingerprint density at radius 2 is 1.83 bits per heavy atom. The molecule has 0 spiro atoms. The maximum Gasteiger partial charge on any atom is 0.407 e. The Hall–Kier alpha value is -0.900. The zero-order chi connectivity index (χ0) is 17.9. The molecule has 23 heavy (non-hydrogen) atoms. The molecule has 0 radical (unpaired) electrons. The largest absolute Gasteiger partial charge is 0.444 e. The first-order chi connectivity index (χ1) is 10.5. The Morgan fingerprint density at radius 1 is 1.17 bits per heavy atom. The molecule has 9 heteroatoms. The van der Waals surface area contributed by atoms with Gasteiger partial charge in [0.25, 0.3) is 0 Å². The number of amides is 1. The van der Waals surface area contributed by atoms with E-state index in [0.717, 1.165) is 19.1 Å². The number of carbonyl (C=O) groups is 1. The maximum atomic E-state index is 11.5. The number of alkyl carbamates (subject to hydrolysis) is 1. The van der Waals surface area contributed by atoms with Gasteiger partial charge in [-0.05, 0) is 33.6 Å². The summed E-state index contributed by atoms with van der Waals surface area (Å²) in [5, 5.41) is 5.93. The Kier molecular flexibility index (Phi) is 10.4. The number of rotatable bonds is 11. The van der Waals surface area contributed by atoms with E-state index in [0.29, 0.717) is 26.2 Å². The molecule has 0 saturated carbocycles. The Morgan fingerprint density at radius 3 is 2.35 bits per heavy atom. The second kappa shape index (κ2) is 10.8. The van der Waals surface area contributed by atoms with Crippen molar-refractivity contribution in [1.82, 2.24) is 15.4 Å². The highest BCUT2D eigenvalue weighted by atomic mass is 32.2. The van der Waals surface area contributed by atoms with Crippen LogP contribution in [0.3, 0.4) is 0 Å². The fourth-order valence-corrected chi connectivity index (χ4v) is 2.28. The van der Waals surface area contributed by atoms with Crippen molar-refractivity contribution in [3.8, 4) is 0 Å². The molecule has 0 aliphatic heterocycles. The molecule has 0 bridgehead atoms. The molecule has 0 aliphatic carbocycles. The van der Waals surface area contributed by atoms with E-state index >= 15 is 0 Å². The number of ether oxygens (including phenoxy) is 2. The minimum atomic E-state index is -3.16. The average molecular weight is 353 g/mol.